The van der Waals surface area contributed by atoms with Gasteiger partial charge in [-0.3, -0.25) is 0 Å². The Morgan fingerprint density at radius 2 is 2.25 bits per heavy atom. The largest absolute Gasteiger partial charge is 0.375 e. The van der Waals surface area contributed by atoms with E-state index in [4.69, 9.17) is 10.5 Å². The van der Waals surface area contributed by atoms with Crippen molar-refractivity contribution in [2.24, 2.45) is 0 Å². The summed E-state index contributed by atoms with van der Waals surface area (Å²) in [4.78, 5) is 4.09. The number of hydrogen-bond donors (Lipinski definition) is 1. The first-order valence-corrected chi connectivity index (χ1v) is 4.69. The van der Waals surface area contributed by atoms with Crippen LogP contribution in [0, 0.1) is 0 Å². The lowest BCUT2D eigenvalue weighted by molar-refractivity contribution is -0.0162. The van der Waals surface area contributed by atoms with E-state index in [0.717, 1.165) is 5.69 Å². The van der Waals surface area contributed by atoms with E-state index in [9.17, 15) is 0 Å². The van der Waals surface area contributed by atoms with Crippen LogP contribution >= 0.6 is 11.3 Å². The molecule has 4 heteroatoms. The van der Waals surface area contributed by atoms with E-state index in [1.54, 1.807) is 0 Å². The predicted octanol–water partition coefficient (Wildman–Crippen LogP) is 2.04. The van der Waals surface area contributed by atoms with E-state index in [1.165, 1.54) is 11.3 Å². The molecule has 0 amide bonds. The monoisotopic (exact) mass is 186 g/mol. The van der Waals surface area contributed by atoms with Crippen LogP contribution in [0.25, 0.3) is 0 Å². The Morgan fingerprint density at radius 1 is 1.58 bits per heavy atom. The molecule has 0 fully saturated rings. The van der Waals surface area contributed by atoms with Crippen LogP contribution in [0.15, 0.2) is 5.38 Å². The van der Waals surface area contributed by atoms with Crippen LogP contribution in [0.2, 0.25) is 0 Å². The summed E-state index contributed by atoms with van der Waals surface area (Å²) in [6, 6.07) is 0. The van der Waals surface area contributed by atoms with Gasteiger partial charge in [0.2, 0.25) is 0 Å². The highest BCUT2D eigenvalue weighted by atomic mass is 32.1. The molecule has 0 radical (unpaired) electrons. The first kappa shape index (κ1) is 9.48. The summed E-state index contributed by atoms with van der Waals surface area (Å²) in [5, 5.41) is 2.52. The number of ether oxygens (including phenoxy) is 1. The van der Waals surface area contributed by atoms with E-state index in [0.29, 0.717) is 11.7 Å². The van der Waals surface area contributed by atoms with E-state index in [2.05, 4.69) is 4.98 Å². The van der Waals surface area contributed by atoms with Gasteiger partial charge in [0, 0.05) is 5.38 Å². The van der Waals surface area contributed by atoms with Crippen LogP contribution in [0.5, 0.6) is 0 Å². The van der Waals surface area contributed by atoms with Crippen molar-refractivity contribution in [1.82, 2.24) is 4.98 Å². The molecule has 0 spiro atoms. The van der Waals surface area contributed by atoms with Gasteiger partial charge in [-0.05, 0) is 20.8 Å². The molecular weight excluding hydrogens is 172 g/mol. The highest BCUT2D eigenvalue weighted by molar-refractivity contribution is 7.13. The van der Waals surface area contributed by atoms with Gasteiger partial charge < -0.3 is 10.5 Å². The Morgan fingerprint density at radius 3 is 2.67 bits per heavy atom. The van der Waals surface area contributed by atoms with Crippen molar-refractivity contribution in [3.8, 4) is 0 Å². The van der Waals surface area contributed by atoms with Crippen molar-refractivity contribution in [3.05, 3.63) is 11.1 Å². The van der Waals surface area contributed by atoms with Gasteiger partial charge in [-0.2, -0.15) is 0 Å². The number of anilines is 1. The molecule has 0 saturated carbocycles. The number of hydrogen-bond acceptors (Lipinski definition) is 4. The maximum absolute atomic E-state index is 5.52. The maximum atomic E-state index is 5.52. The highest BCUT2D eigenvalue weighted by Crippen LogP contribution is 2.15. The first-order valence-electron chi connectivity index (χ1n) is 3.81. The third-order valence-corrected chi connectivity index (χ3v) is 1.95. The van der Waals surface area contributed by atoms with Crippen LogP contribution < -0.4 is 5.73 Å². The molecule has 68 valence electrons. The van der Waals surface area contributed by atoms with Crippen molar-refractivity contribution in [3.63, 3.8) is 0 Å². The smallest absolute Gasteiger partial charge is 0.180 e. The first-order chi connectivity index (χ1) is 5.47. The van der Waals surface area contributed by atoms with E-state index in [-0.39, 0.29) is 5.60 Å². The van der Waals surface area contributed by atoms with Gasteiger partial charge in [-0.1, -0.05) is 0 Å². The number of nitrogens with zero attached hydrogens (tertiary/aromatic N) is 1. The molecule has 0 saturated heterocycles. The van der Waals surface area contributed by atoms with Crippen LogP contribution in [0.4, 0.5) is 5.13 Å². The molecule has 2 N–H and O–H groups in total. The number of rotatable bonds is 2. The maximum Gasteiger partial charge on any atom is 0.180 e. The lowest BCUT2D eigenvalue weighted by Crippen LogP contribution is -2.18. The molecule has 0 unspecified atom stereocenters. The van der Waals surface area contributed by atoms with E-state index >= 15 is 0 Å². The van der Waals surface area contributed by atoms with Gasteiger partial charge in [0.05, 0.1) is 17.9 Å². The molecule has 12 heavy (non-hydrogen) atoms. The summed E-state index contributed by atoms with van der Waals surface area (Å²) in [5.74, 6) is 0. The second-order valence-corrected chi connectivity index (χ2v) is 4.47. The Kier molecular flexibility index (Phi) is 2.69. The zero-order valence-electron chi connectivity index (χ0n) is 7.63. The Balaban J connectivity index is 2.44. The standard InChI is InChI=1S/C8H14N2OS/c1-8(2,3)11-4-6-5-12-7(9)10-6/h5H,4H2,1-3H3,(H2,9,10). The van der Waals surface area contributed by atoms with Crippen LogP contribution in [-0.2, 0) is 11.3 Å². The Bertz CT molecular complexity index is 252. The Hall–Kier alpha value is -0.610. The van der Waals surface area contributed by atoms with Gasteiger partial charge in [-0.25, -0.2) is 4.98 Å². The molecule has 1 aromatic heterocycles. The molecule has 0 aromatic carbocycles. The molecule has 0 aliphatic carbocycles. The molecule has 1 heterocycles. The summed E-state index contributed by atoms with van der Waals surface area (Å²) in [5.41, 5.74) is 6.27. The zero-order valence-corrected chi connectivity index (χ0v) is 8.44. The molecule has 0 aliphatic rings. The topological polar surface area (TPSA) is 48.1 Å². The average Bonchev–Trinajstić information content (AvgIpc) is 2.30. The lowest BCUT2D eigenvalue weighted by Gasteiger charge is -2.18. The molecule has 0 atom stereocenters. The summed E-state index contributed by atoms with van der Waals surface area (Å²) >= 11 is 1.44. The normalized spacial score (nSPS) is 11.9. The van der Waals surface area contributed by atoms with Gasteiger partial charge in [-0.15, -0.1) is 11.3 Å². The number of aromatic nitrogens is 1. The number of nitrogens with two attached hydrogens (primary N) is 1. The van der Waals surface area contributed by atoms with Crippen LogP contribution in [-0.4, -0.2) is 10.6 Å². The third kappa shape index (κ3) is 3.19. The molecular formula is C8H14N2OS. The van der Waals surface area contributed by atoms with Crippen molar-refractivity contribution in [1.29, 1.82) is 0 Å². The molecule has 1 rings (SSSR count). The van der Waals surface area contributed by atoms with Gasteiger partial charge in [0.15, 0.2) is 5.13 Å². The minimum absolute atomic E-state index is 0.113. The molecule has 3 nitrogen and oxygen atoms in total. The second-order valence-electron chi connectivity index (χ2n) is 3.58. The fourth-order valence-electron chi connectivity index (χ4n) is 0.679. The van der Waals surface area contributed by atoms with Crippen molar-refractivity contribution < 1.29 is 4.74 Å². The molecule has 0 aliphatic heterocycles. The van der Waals surface area contributed by atoms with Gasteiger partial charge in [0.25, 0.3) is 0 Å². The summed E-state index contributed by atoms with van der Waals surface area (Å²) in [7, 11) is 0. The van der Waals surface area contributed by atoms with Crippen molar-refractivity contribution in [2.75, 3.05) is 5.73 Å². The molecule has 0 bridgehead atoms. The zero-order chi connectivity index (χ0) is 9.19. The fourth-order valence-corrected chi connectivity index (χ4v) is 1.23. The van der Waals surface area contributed by atoms with Crippen molar-refractivity contribution >= 4 is 16.5 Å². The van der Waals surface area contributed by atoms with Gasteiger partial charge >= 0.3 is 0 Å². The van der Waals surface area contributed by atoms with Crippen molar-refractivity contribution in [2.45, 2.75) is 33.0 Å². The van der Waals surface area contributed by atoms with E-state index in [1.807, 2.05) is 26.2 Å². The van der Waals surface area contributed by atoms with E-state index < -0.39 is 0 Å². The minimum Gasteiger partial charge on any atom is -0.375 e. The predicted molar refractivity (Wildman–Crippen MR) is 51.1 cm³/mol. The highest BCUT2D eigenvalue weighted by Gasteiger charge is 2.10. The lowest BCUT2D eigenvalue weighted by atomic mass is 10.2. The summed E-state index contributed by atoms with van der Waals surface area (Å²) in [6.07, 6.45) is 0. The number of thiazole rings is 1. The number of nitrogen functional groups attached to an aromatic ring is 1. The molecule has 1 aromatic rings. The quantitative estimate of drug-likeness (QED) is 0.769. The fraction of sp³-hybridized carbons (Fsp3) is 0.625. The summed E-state index contributed by atoms with van der Waals surface area (Å²) in [6.45, 7) is 6.59. The summed E-state index contributed by atoms with van der Waals surface area (Å²) < 4.78 is 5.52. The van der Waals surface area contributed by atoms with Gasteiger partial charge in [0.1, 0.15) is 0 Å². The average molecular weight is 186 g/mol. The Labute approximate surface area is 76.6 Å². The third-order valence-electron chi connectivity index (χ3n) is 1.22. The second kappa shape index (κ2) is 3.41. The van der Waals surface area contributed by atoms with Crippen LogP contribution in [0.3, 0.4) is 0 Å². The SMILES string of the molecule is CC(C)(C)OCc1csc(N)n1. The minimum atomic E-state index is -0.113. The van der Waals surface area contributed by atoms with Crippen LogP contribution in [0.1, 0.15) is 26.5 Å².